The summed E-state index contributed by atoms with van der Waals surface area (Å²) >= 11 is 5.84. The lowest BCUT2D eigenvalue weighted by Crippen LogP contribution is -2.16. The average molecular weight is 314 g/mol. The first-order valence-corrected chi connectivity index (χ1v) is 6.72. The molecule has 0 fully saturated rings. The summed E-state index contributed by atoms with van der Waals surface area (Å²) in [6, 6.07) is 2.34. The fraction of sp³-hybridized carbons (Fsp3) is 0.333. The van der Waals surface area contributed by atoms with E-state index in [0.29, 0.717) is 0 Å². The van der Waals surface area contributed by atoms with Crippen molar-refractivity contribution < 1.29 is 18.7 Å². The number of allylic oxidation sites excluding steroid dienone is 1. The van der Waals surface area contributed by atoms with Crippen molar-refractivity contribution in [2.24, 2.45) is 0 Å². The number of nitrogens with zero attached hydrogens (tertiary/aromatic N) is 1. The van der Waals surface area contributed by atoms with E-state index >= 15 is 0 Å². The van der Waals surface area contributed by atoms with Crippen LogP contribution in [0.1, 0.15) is 24.2 Å². The number of Topliss-reactive ketones (excluding diaryl/α,β-unsaturated/α-hetero) is 2. The Morgan fingerprint density at radius 3 is 2.48 bits per heavy atom. The zero-order chi connectivity index (χ0) is 16.2. The van der Waals surface area contributed by atoms with E-state index in [2.05, 4.69) is 0 Å². The molecule has 0 spiro atoms. The molecule has 0 saturated carbocycles. The predicted molar refractivity (Wildman–Crippen MR) is 79.4 cm³/mol. The maximum absolute atomic E-state index is 13.5. The molecule has 0 radical (unpaired) electrons. The Labute approximate surface area is 128 Å². The average Bonchev–Trinajstić information content (AvgIpc) is 2.40. The Morgan fingerprint density at radius 2 is 2.00 bits per heavy atom. The largest absolute Gasteiger partial charge is 0.491 e. The Morgan fingerprint density at radius 1 is 1.38 bits per heavy atom. The van der Waals surface area contributed by atoms with Crippen LogP contribution in [-0.2, 0) is 4.79 Å². The lowest BCUT2D eigenvalue weighted by Gasteiger charge is -2.14. The van der Waals surface area contributed by atoms with Gasteiger partial charge in [0.05, 0.1) is 17.7 Å². The molecule has 0 aliphatic rings. The third-order valence-corrected chi connectivity index (χ3v) is 2.95. The molecule has 6 heteroatoms. The van der Waals surface area contributed by atoms with Gasteiger partial charge in [0, 0.05) is 20.3 Å². The molecule has 0 aliphatic heterocycles. The summed E-state index contributed by atoms with van der Waals surface area (Å²) in [4.78, 5) is 25.7. The lowest BCUT2D eigenvalue weighted by molar-refractivity contribution is -0.113. The molecule has 0 aliphatic carbocycles. The highest BCUT2D eigenvalue weighted by Gasteiger charge is 2.24. The summed E-state index contributed by atoms with van der Waals surface area (Å²) in [6.07, 6.45) is 1.41. The molecule has 114 valence electrons. The zero-order valence-electron chi connectivity index (χ0n) is 12.4. The van der Waals surface area contributed by atoms with Gasteiger partial charge < -0.3 is 9.64 Å². The molecule has 0 saturated heterocycles. The fourth-order valence-electron chi connectivity index (χ4n) is 1.71. The monoisotopic (exact) mass is 313 g/mol. The number of ether oxygens (including phenoxy) is 1. The number of hydrogen-bond acceptors (Lipinski definition) is 4. The Balaban J connectivity index is 3.41. The fourth-order valence-corrected chi connectivity index (χ4v) is 1.93. The standard InChI is InChI=1S/C15H17ClFNO3/c1-5-21-15-10(6-7-12(17)13(15)16)14(20)11(9(2)19)8-18(3)4/h6-8H,5H2,1-4H3/b11-8+. The summed E-state index contributed by atoms with van der Waals surface area (Å²) in [7, 11) is 3.38. The molecule has 0 unspecified atom stereocenters. The lowest BCUT2D eigenvalue weighted by atomic mass is 10.00. The van der Waals surface area contributed by atoms with Gasteiger partial charge >= 0.3 is 0 Å². The molecule has 0 aromatic heterocycles. The molecule has 0 atom stereocenters. The Hall–Kier alpha value is -1.88. The van der Waals surface area contributed by atoms with Crippen molar-refractivity contribution in [2.45, 2.75) is 13.8 Å². The van der Waals surface area contributed by atoms with E-state index < -0.39 is 17.4 Å². The topological polar surface area (TPSA) is 46.6 Å². The maximum atomic E-state index is 13.5. The van der Waals surface area contributed by atoms with Gasteiger partial charge in [0.1, 0.15) is 10.8 Å². The van der Waals surface area contributed by atoms with Gasteiger partial charge in [0.25, 0.3) is 0 Å². The van der Waals surface area contributed by atoms with Gasteiger partial charge in [-0.1, -0.05) is 11.6 Å². The van der Waals surface area contributed by atoms with Crippen LogP contribution in [0.4, 0.5) is 4.39 Å². The van der Waals surface area contributed by atoms with Crippen LogP contribution < -0.4 is 4.74 Å². The molecule has 0 bridgehead atoms. The van der Waals surface area contributed by atoms with Crippen molar-refractivity contribution in [3.63, 3.8) is 0 Å². The van der Waals surface area contributed by atoms with Gasteiger partial charge in [-0.05, 0) is 26.0 Å². The van der Waals surface area contributed by atoms with E-state index in [1.54, 1.807) is 25.9 Å². The van der Waals surface area contributed by atoms with Crippen molar-refractivity contribution in [1.29, 1.82) is 0 Å². The van der Waals surface area contributed by atoms with Crippen LogP contribution >= 0.6 is 11.6 Å². The number of carbonyl (C=O) groups excluding carboxylic acids is 2. The smallest absolute Gasteiger partial charge is 0.201 e. The van der Waals surface area contributed by atoms with Gasteiger partial charge in [0.2, 0.25) is 5.78 Å². The first-order chi connectivity index (χ1) is 9.79. The van der Waals surface area contributed by atoms with Crippen LogP contribution in [0.5, 0.6) is 5.75 Å². The van der Waals surface area contributed by atoms with Crippen molar-refractivity contribution in [2.75, 3.05) is 20.7 Å². The first kappa shape index (κ1) is 17.2. The summed E-state index contributed by atoms with van der Waals surface area (Å²) in [5, 5.41) is -0.268. The minimum atomic E-state index is -0.683. The molecular formula is C15H17ClFNO3. The normalized spacial score (nSPS) is 11.2. The van der Waals surface area contributed by atoms with E-state index in [-0.39, 0.29) is 28.5 Å². The molecule has 0 heterocycles. The van der Waals surface area contributed by atoms with E-state index in [0.717, 1.165) is 6.07 Å². The second-order valence-electron chi connectivity index (χ2n) is 4.56. The van der Waals surface area contributed by atoms with E-state index in [1.807, 2.05) is 0 Å². The number of benzene rings is 1. The molecule has 0 amide bonds. The molecule has 1 aromatic carbocycles. The van der Waals surface area contributed by atoms with Gasteiger partial charge in [-0.2, -0.15) is 0 Å². The number of rotatable bonds is 6. The molecule has 4 nitrogen and oxygen atoms in total. The zero-order valence-corrected chi connectivity index (χ0v) is 13.1. The summed E-state index contributed by atoms with van der Waals surface area (Å²) < 4.78 is 18.8. The predicted octanol–water partition coefficient (Wildman–Crippen LogP) is 3.10. The van der Waals surface area contributed by atoms with E-state index in [4.69, 9.17) is 16.3 Å². The van der Waals surface area contributed by atoms with Crippen molar-refractivity contribution in [3.05, 3.63) is 40.3 Å². The number of hydrogen-bond donors (Lipinski definition) is 0. The third-order valence-electron chi connectivity index (χ3n) is 2.59. The van der Waals surface area contributed by atoms with Crippen molar-refractivity contribution in [1.82, 2.24) is 4.90 Å². The summed E-state index contributed by atoms with van der Waals surface area (Å²) in [6.45, 7) is 3.20. The number of ketones is 2. The number of carbonyl (C=O) groups is 2. The quantitative estimate of drug-likeness (QED) is 0.350. The molecule has 0 N–H and O–H groups in total. The highest BCUT2D eigenvalue weighted by Crippen LogP contribution is 2.33. The van der Waals surface area contributed by atoms with Crippen molar-refractivity contribution in [3.8, 4) is 5.75 Å². The van der Waals surface area contributed by atoms with Gasteiger partial charge in [-0.25, -0.2) is 4.39 Å². The van der Waals surface area contributed by atoms with Crippen LogP contribution in [0, 0.1) is 5.82 Å². The van der Waals surface area contributed by atoms with E-state index in [9.17, 15) is 14.0 Å². The summed E-state index contributed by atoms with van der Waals surface area (Å²) in [5.74, 6) is -1.68. The van der Waals surface area contributed by atoms with Gasteiger partial charge in [-0.15, -0.1) is 0 Å². The molecule has 1 rings (SSSR count). The van der Waals surface area contributed by atoms with Crippen LogP contribution in [0.2, 0.25) is 5.02 Å². The SMILES string of the molecule is CCOc1c(C(=O)/C(=C/N(C)C)C(C)=O)ccc(F)c1Cl. The second kappa shape index (κ2) is 7.22. The van der Waals surface area contributed by atoms with Gasteiger partial charge in [0.15, 0.2) is 11.5 Å². The molecular weight excluding hydrogens is 297 g/mol. The molecule has 21 heavy (non-hydrogen) atoms. The highest BCUT2D eigenvalue weighted by atomic mass is 35.5. The van der Waals surface area contributed by atoms with E-state index in [1.165, 1.54) is 19.2 Å². The van der Waals surface area contributed by atoms with Crippen LogP contribution in [-0.4, -0.2) is 37.2 Å². The third kappa shape index (κ3) is 4.04. The van der Waals surface area contributed by atoms with Crippen LogP contribution in [0.25, 0.3) is 0 Å². The Bertz CT molecular complexity index is 597. The Kier molecular flexibility index (Phi) is 5.90. The minimum absolute atomic E-state index is 0.0244. The summed E-state index contributed by atoms with van der Waals surface area (Å²) in [5.41, 5.74) is 0.0372. The van der Waals surface area contributed by atoms with Gasteiger partial charge in [-0.3, -0.25) is 9.59 Å². The number of halogens is 2. The molecule has 1 aromatic rings. The first-order valence-electron chi connectivity index (χ1n) is 6.34. The second-order valence-corrected chi connectivity index (χ2v) is 4.94. The maximum Gasteiger partial charge on any atom is 0.201 e. The minimum Gasteiger partial charge on any atom is -0.491 e. The highest BCUT2D eigenvalue weighted by molar-refractivity contribution is 6.34. The van der Waals surface area contributed by atoms with Crippen LogP contribution in [0.15, 0.2) is 23.9 Å². The van der Waals surface area contributed by atoms with Crippen LogP contribution in [0.3, 0.4) is 0 Å². The van der Waals surface area contributed by atoms with Crippen molar-refractivity contribution >= 4 is 23.2 Å².